The Bertz CT molecular complexity index is 1440. The molecule has 13 nitrogen and oxygen atoms in total. The molecule has 0 bridgehead atoms. The van der Waals surface area contributed by atoms with Gasteiger partial charge < -0.3 is 58.7 Å². The van der Waals surface area contributed by atoms with Gasteiger partial charge in [-0.1, -0.05) is 6.92 Å². The van der Waals surface area contributed by atoms with Crippen LogP contribution >= 0.6 is 0 Å². The molecule has 0 amide bonds. The van der Waals surface area contributed by atoms with Crippen LogP contribution in [0.3, 0.4) is 0 Å². The van der Waals surface area contributed by atoms with Gasteiger partial charge in [0.05, 0.1) is 25.9 Å². The largest absolute Gasteiger partial charge is 0.507 e. The predicted molar refractivity (Wildman–Crippen MR) is 145 cm³/mol. The second kappa shape index (κ2) is 12.1. The quantitative estimate of drug-likeness (QED) is 0.222. The summed E-state index contributed by atoms with van der Waals surface area (Å²) in [6.07, 6.45) is -12.0. The van der Waals surface area contributed by atoms with Crippen LogP contribution in [0, 0.1) is 5.92 Å². The number of rotatable bonds is 7. The zero-order valence-electron chi connectivity index (χ0n) is 23.1. The van der Waals surface area contributed by atoms with Gasteiger partial charge in [-0.15, -0.1) is 0 Å². The molecule has 10 atom stereocenters. The van der Waals surface area contributed by atoms with Crippen LogP contribution in [-0.2, 0) is 14.2 Å². The van der Waals surface area contributed by atoms with Crippen LogP contribution in [0.25, 0.3) is 22.3 Å². The summed E-state index contributed by atoms with van der Waals surface area (Å²) in [6.45, 7) is 3.04. The number of aliphatic hydroxyl groups excluding tert-OH is 5. The van der Waals surface area contributed by atoms with Gasteiger partial charge in [-0.2, -0.15) is 0 Å². The molecule has 228 valence electrons. The fourth-order valence-electron chi connectivity index (χ4n) is 4.99. The van der Waals surface area contributed by atoms with Crippen LogP contribution < -0.4 is 14.9 Å². The van der Waals surface area contributed by atoms with Gasteiger partial charge in [0, 0.05) is 29.7 Å². The lowest BCUT2D eigenvalue weighted by Gasteiger charge is -2.42. The van der Waals surface area contributed by atoms with Gasteiger partial charge in [0.25, 0.3) is 0 Å². The number of phenolic OH excluding ortho intramolecular Hbond substituents is 1. The van der Waals surface area contributed by atoms with Crippen LogP contribution in [-0.4, -0.2) is 99.7 Å². The standard InChI is InChI=1S/C29H34O13/c1-12-13(2)39-28(26(35)23(12)32)38-11-21-24(33)25(34)27(36)29(42-21)40-16-8-17(30)22-18(31)10-19(41-20(22)9-16)14-4-6-15(37-3)7-5-14/h4-10,12-13,21,23-30,32-36H,11H2,1-3H3. The highest BCUT2D eigenvalue weighted by Gasteiger charge is 2.47. The van der Waals surface area contributed by atoms with E-state index in [9.17, 15) is 35.4 Å². The van der Waals surface area contributed by atoms with Gasteiger partial charge in [-0.25, -0.2) is 0 Å². The van der Waals surface area contributed by atoms with Crippen molar-refractivity contribution in [1.82, 2.24) is 0 Å². The van der Waals surface area contributed by atoms with Crippen molar-refractivity contribution in [2.45, 2.75) is 69.2 Å². The first-order valence-corrected chi connectivity index (χ1v) is 13.4. The highest BCUT2D eigenvalue weighted by molar-refractivity contribution is 5.86. The molecule has 0 radical (unpaired) electrons. The summed E-state index contributed by atoms with van der Waals surface area (Å²) in [5.41, 5.74) is 0.0613. The summed E-state index contributed by atoms with van der Waals surface area (Å²) in [4.78, 5) is 12.8. The highest BCUT2D eigenvalue weighted by Crippen LogP contribution is 2.34. The monoisotopic (exact) mass is 590 g/mol. The first-order chi connectivity index (χ1) is 20.0. The van der Waals surface area contributed by atoms with E-state index in [2.05, 4.69) is 0 Å². The van der Waals surface area contributed by atoms with Crippen molar-refractivity contribution in [2.24, 2.45) is 5.92 Å². The Kier molecular flexibility index (Phi) is 8.73. The Morgan fingerprint density at radius 3 is 2.19 bits per heavy atom. The zero-order chi connectivity index (χ0) is 30.3. The number of fused-ring (bicyclic) bond motifs is 1. The van der Waals surface area contributed by atoms with E-state index >= 15 is 0 Å². The molecule has 5 rings (SSSR count). The van der Waals surface area contributed by atoms with E-state index in [0.29, 0.717) is 11.3 Å². The molecule has 2 aliphatic rings. The van der Waals surface area contributed by atoms with E-state index in [1.54, 1.807) is 38.1 Å². The molecule has 42 heavy (non-hydrogen) atoms. The fourth-order valence-corrected chi connectivity index (χ4v) is 4.99. The summed E-state index contributed by atoms with van der Waals surface area (Å²) >= 11 is 0. The highest BCUT2D eigenvalue weighted by atomic mass is 16.7. The SMILES string of the molecule is COc1ccc(-c2cc(=O)c3c(O)cc(OC4OC(COC5OC(C)C(C)C(O)C5O)C(O)C(O)C4O)cc3o2)cc1. The van der Waals surface area contributed by atoms with E-state index in [-0.39, 0.29) is 28.4 Å². The van der Waals surface area contributed by atoms with Crippen molar-refractivity contribution < 1.29 is 58.7 Å². The number of hydrogen-bond donors (Lipinski definition) is 6. The van der Waals surface area contributed by atoms with Gasteiger partial charge in [-0.05, 0) is 31.2 Å². The predicted octanol–water partition coefficient (Wildman–Crippen LogP) is 0.480. The lowest BCUT2D eigenvalue weighted by atomic mass is 9.92. The fraction of sp³-hybridized carbons (Fsp3) is 0.483. The molecule has 2 aromatic carbocycles. The van der Waals surface area contributed by atoms with E-state index in [4.69, 9.17) is 28.1 Å². The Labute approximate surface area is 240 Å². The molecule has 1 aromatic heterocycles. The van der Waals surface area contributed by atoms with Crippen LogP contribution in [0.2, 0.25) is 0 Å². The number of methoxy groups -OCH3 is 1. The Morgan fingerprint density at radius 2 is 1.50 bits per heavy atom. The molecule has 2 aliphatic heterocycles. The molecule has 2 fully saturated rings. The van der Waals surface area contributed by atoms with E-state index < -0.39 is 73.1 Å². The Hall–Kier alpha value is -3.27. The molecule has 0 aliphatic carbocycles. The number of phenols is 1. The van der Waals surface area contributed by atoms with Crippen LogP contribution in [0.4, 0.5) is 0 Å². The first kappa shape index (κ1) is 30.2. The van der Waals surface area contributed by atoms with Crippen molar-refractivity contribution in [1.29, 1.82) is 0 Å². The normalized spacial score (nSPS) is 33.4. The Balaban J connectivity index is 1.35. The first-order valence-electron chi connectivity index (χ1n) is 13.4. The minimum atomic E-state index is -1.72. The van der Waals surface area contributed by atoms with Gasteiger partial charge in [-0.3, -0.25) is 4.79 Å². The van der Waals surface area contributed by atoms with E-state index in [0.717, 1.165) is 6.07 Å². The van der Waals surface area contributed by atoms with Crippen molar-refractivity contribution in [3.63, 3.8) is 0 Å². The maximum absolute atomic E-state index is 12.8. The molecular formula is C29H34O13. The average Bonchev–Trinajstić information content (AvgIpc) is 2.97. The summed E-state index contributed by atoms with van der Waals surface area (Å²) in [5, 5.41) is 62.6. The average molecular weight is 591 g/mol. The summed E-state index contributed by atoms with van der Waals surface area (Å²) in [7, 11) is 1.53. The lowest BCUT2D eigenvalue weighted by Crippen LogP contribution is -2.61. The smallest absolute Gasteiger partial charge is 0.229 e. The number of hydrogen-bond acceptors (Lipinski definition) is 13. The van der Waals surface area contributed by atoms with Gasteiger partial charge in [0.2, 0.25) is 6.29 Å². The van der Waals surface area contributed by atoms with Gasteiger partial charge in [0.15, 0.2) is 11.7 Å². The third-order valence-corrected chi connectivity index (χ3v) is 7.76. The minimum Gasteiger partial charge on any atom is -0.507 e. The number of benzene rings is 2. The van der Waals surface area contributed by atoms with Crippen molar-refractivity contribution in [3.8, 4) is 28.6 Å². The zero-order valence-corrected chi connectivity index (χ0v) is 23.1. The molecule has 3 heterocycles. The van der Waals surface area contributed by atoms with Crippen LogP contribution in [0.15, 0.2) is 51.7 Å². The van der Waals surface area contributed by atoms with Crippen LogP contribution in [0.1, 0.15) is 13.8 Å². The minimum absolute atomic E-state index is 0.0144. The van der Waals surface area contributed by atoms with Crippen LogP contribution in [0.5, 0.6) is 17.2 Å². The topological polar surface area (TPSA) is 198 Å². The van der Waals surface area contributed by atoms with E-state index in [1.807, 2.05) is 0 Å². The maximum Gasteiger partial charge on any atom is 0.229 e. The second-order valence-electron chi connectivity index (χ2n) is 10.5. The third kappa shape index (κ3) is 5.82. The number of ether oxygens (including phenoxy) is 5. The molecule has 0 spiro atoms. The van der Waals surface area contributed by atoms with E-state index in [1.165, 1.54) is 19.2 Å². The molecule has 10 unspecified atom stereocenters. The lowest BCUT2D eigenvalue weighted by molar-refractivity contribution is -0.312. The van der Waals surface area contributed by atoms with Crippen molar-refractivity contribution in [2.75, 3.05) is 13.7 Å². The summed E-state index contributed by atoms with van der Waals surface area (Å²) in [5.74, 6) is -0.0343. The third-order valence-electron chi connectivity index (χ3n) is 7.76. The molecule has 3 aromatic rings. The Morgan fingerprint density at radius 1 is 0.810 bits per heavy atom. The number of aromatic hydroxyl groups is 1. The summed E-state index contributed by atoms with van der Waals surface area (Å²) in [6, 6.07) is 10.5. The van der Waals surface area contributed by atoms with Gasteiger partial charge in [0.1, 0.15) is 64.5 Å². The van der Waals surface area contributed by atoms with Gasteiger partial charge >= 0.3 is 0 Å². The van der Waals surface area contributed by atoms with Crippen molar-refractivity contribution in [3.05, 3.63) is 52.7 Å². The maximum atomic E-state index is 12.8. The molecular weight excluding hydrogens is 556 g/mol. The molecule has 2 saturated heterocycles. The second-order valence-corrected chi connectivity index (χ2v) is 10.5. The molecule has 6 N–H and O–H groups in total. The summed E-state index contributed by atoms with van der Waals surface area (Å²) < 4.78 is 33.6. The molecule has 13 heteroatoms. The number of aliphatic hydroxyl groups is 5. The molecule has 0 saturated carbocycles. The van der Waals surface area contributed by atoms with Crippen molar-refractivity contribution >= 4 is 11.0 Å².